The highest BCUT2D eigenvalue weighted by atomic mass is 16.5. The molecule has 0 radical (unpaired) electrons. The second kappa shape index (κ2) is 11.6. The first kappa shape index (κ1) is 28.0. The van der Waals surface area contributed by atoms with Crippen LogP contribution in [0.1, 0.15) is 51.8 Å². The number of pyridine rings is 1. The summed E-state index contributed by atoms with van der Waals surface area (Å²) in [6.07, 6.45) is 4.37. The molecule has 0 fully saturated rings. The minimum absolute atomic E-state index is 0.0105. The van der Waals surface area contributed by atoms with Gasteiger partial charge in [0.1, 0.15) is 0 Å². The van der Waals surface area contributed by atoms with E-state index in [-0.39, 0.29) is 17.6 Å². The Bertz CT molecular complexity index is 1690. The van der Waals surface area contributed by atoms with E-state index in [2.05, 4.69) is 41.5 Å². The average Bonchev–Trinajstić information content (AvgIpc) is 3.19. The highest BCUT2D eigenvalue weighted by molar-refractivity contribution is 6.12. The fourth-order valence-electron chi connectivity index (χ4n) is 6.08. The van der Waals surface area contributed by atoms with Crippen LogP contribution in [0.5, 0.6) is 17.2 Å². The van der Waals surface area contributed by atoms with Gasteiger partial charge in [-0.15, -0.1) is 0 Å². The topological polar surface area (TPSA) is 90.0 Å². The number of para-hydroxylation sites is 2. The second-order valence-electron chi connectivity index (χ2n) is 10.8. The molecule has 2 heterocycles. The molecule has 3 aromatic carbocycles. The Morgan fingerprint density at radius 1 is 0.884 bits per heavy atom. The third-order valence-corrected chi connectivity index (χ3v) is 8.17. The first-order valence-corrected chi connectivity index (χ1v) is 14.2. The van der Waals surface area contributed by atoms with E-state index in [9.17, 15) is 9.59 Å². The lowest BCUT2D eigenvalue weighted by Crippen LogP contribution is -2.38. The predicted octanol–water partition coefficient (Wildman–Crippen LogP) is 6.63. The largest absolute Gasteiger partial charge is 0.493 e. The van der Waals surface area contributed by atoms with Gasteiger partial charge in [0.2, 0.25) is 5.75 Å². The van der Waals surface area contributed by atoms with E-state index in [0.29, 0.717) is 46.9 Å². The van der Waals surface area contributed by atoms with Crippen LogP contribution in [0.4, 0.5) is 11.4 Å². The lowest BCUT2D eigenvalue weighted by molar-refractivity contribution is -0.116. The highest BCUT2D eigenvalue weighted by Gasteiger charge is 2.42. The highest BCUT2D eigenvalue weighted by Crippen LogP contribution is 2.48. The SMILES string of the molecule is COc1cc(C(=O)N2c3ccccc3NC3=C(C(=O)C[C@H](c4ccc(C)cc4)C3)[C@@H]2c2cccnc2)cc(OC)c1OC. The minimum atomic E-state index is -0.724. The van der Waals surface area contributed by atoms with Crippen LogP contribution in [-0.2, 0) is 4.79 Å². The van der Waals surface area contributed by atoms with Crippen molar-refractivity contribution in [1.29, 1.82) is 0 Å². The molecule has 2 atom stereocenters. The summed E-state index contributed by atoms with van der Waals surface area (Å²) in [6, 6.07) is 22.3. The Hall–Kier alpha value is -5.11. The van der Waals surface area contributed by atoms with Gasteiger partial charge in [0.15, 0.2) is 17.3 Å². The second-order valence-corrected chi connectivity index (χ2v) is 10.8. The van der Waals surface area contributed by atoms with Crippen molar-refractivity contribution in [1.82, 2.24) is 4.98 Å². The van der Waals surface area contributed by atoms with Crippen LogP contribution in [0.2, 0.25) is 0 Å². The molecule has 1 aliphatic carbocycles. The van der Waals surface area contributed by atoms with Gasteiger partial charge < -0.3 is 19.5 Å². The summed E-state index contributed by atoms with van der Waals surface area (Å²) >= 11 is 0. The fraction of sp³-hybridized carbons (Fsp3) is 0.229. The zero-order chi connectivity index (χ0) is 30.1. The molecule has 0 saturated carbocycles. The molecule has 0 unspecified atom stereocenters. The Morgan fingerprint density at radius 2 is 1.60 bits per heavy atom. The maximum atomic E-state index is 14.7. The first-order valence-electron chi connectivity index (χ1n) is 14.2. The number of carbonyl (C=O) groups excluding carboxylic acids is 2. The Morgan fingerprint density at radius 3 is 2.26 bits per heavy atom. The fourth-order valence-corrected chi connectivity index (χ4v) is 6.08. The molecule has 1 aromatic heterocycles. The molecule has 6 rings (SSSR count). The van der Waals surface area contributed by atoms with E-state index in [4.69, 9.17) is 14.2 Å². The molecule has 43 heavy (non-hydrogen) atoms. The van der Waals surface area contributed by atoms with Crippen molar-refractivity contribution in [3.05, 3.63) is 119 Å². The molecule has 0 bridgehead atoms. The van der Waals surface area contributed by atoms with E-state index < -0.39 is 6.04 Å². The van der Waals surface area contributed by atoms with Crippen LogP contribution in [-0.4, -0.2) is 38.0 Å². The lowest BCUT2D eigenvalue weighted by Gasteiger charge is -2.35. The molecule has 1 aliphatic heterocycles. The van der Waals surface area contributed by atoms with Crippen LogP contribution >= 0.6 is 0 Å². The van der Waals surface area contributed by atoms with Crippen LogP contribution in [0, 0.1) is 6.92 Å². The zero-order valence-corrected chi connectivity index (χ0v) is 24.6. The van der Waals surface area contributed by atoms with Crippen LogP contribution in [0.15, 0.2) is 96.5 Å². The van der Waals surface area contributed by atoms with Gasteiger partial charge in [-0.3, -0.25) is 19.5 Å². The number of rotatable bonds is 6. The molecule has 2 aliphatic rings. The molecule has 0 spiro atoms. The van der Waals surface area contributed by atoms with Crippen LogP contribution in [0.3, 0.4) is 0 Å². The quantitative estimate of drug-likeness (QED) is 0.276. The average molecular weight is 576 g/mol. The molecular weight excluding hydrogens is 542 g/mol. The first-order chi connectivity index (χ1) is 20.9. The van der Waals surface area contributed by atoms with Gasteiger partial charge in [-0.2, -0.15) is 0 Å². The number of anilines is 2. The number of aromatic nitrogens is 1. The van der Waals surface area contributed by atoms with E-state index in [1.165, 1.54) is 26.9 Å². The van der Waals surface area contributed by atoms with Crippen molar-refractivity contribution >= 4 is 23.1 Å². The number of aryl methyl sites for hydroxylation is 1. The van der Waals surface area contributed by atoms with Gasteiger partial charge >= 0.3 is 0 Å². The molecule has 218 valence electrons. The number of nitrogens with one attached hydrogen (secondary N) is 1. The molecule has 8 nitrogen and oxygen atoms in total. The van der Waals surface area contributed by atoms with Crippen molar-refractivity contribution in [3.63, 3.8) is 0 Å². The third kappa shape index (κ3) is 5.09. The van der Waals surface area contributed by atoms with Gasteiger partial charge in [0, 0.05) is 35.6 Å². The summed E-state index contributed by atoms with van der Waals surface area (Å²) in [7, 11) is 4.54. The molecule has 1 amide bonds. The summed E-state index contributed by atoms with van der Waals surface area (Å²) in [4.78, 5) is 35.0. The number of hydrogen-bond acceptors (Lipinski definition) is 7. The Kier molecular flexibility index (Phi) is 7.59. The van der Waals surface area contributed by atoms with Crippen molar-refractivity contribution in [3.8, 4) is 17.2 Å². The zero-order valence-electron chi connectivity index (χ0n) is 24.6. The number of nitrogens with zero attached hydrogens (tertiary/aromatic N) is 2. The number of hydrogen-bond donors (Lipinski definition) is 1. The standard InChI is InChI=1S/C35H33N3O5/c1-21-11-13-22(14-12-21)24-16-27-32(29(39)17-24)33(23-8-7-15-36-20-23)38(28-10-6-5-9-26(28)37-27)35(40)25-18-30(41-2)34(43-4)31(19-25)42-3/h5-15,18-20,24,33,37H,16-17H2,1-4H3/t24-,33+/m1/s1. The number of amides is 1. The molecular formula is C35H33N3O5. The summed E-state index contributed by atoms with van der Waals surface area (Å²) < 4.78 is 16.6. The molecule has 4 aromatic rings. The van der Waals surface area contributed by atoms with Crippen LogP contribution < -0.4 is 24.4 Å². The van der Waals surface area contributed by atoms with Gasteiger partial charge in [-0.1, -0.05) is 48.0 Å². The molecule has 1 N–H and O–H groups in total. The smallest absolute Gasteiger partial charge is 0.259 e. The van der Waals surface area contributed by atoms with E-state index >= 15 is 0 Å². The third-order valence-electron chi connectivity index (χ3n) is 8.17. The van der Waals surface area contributed by atoms with Crippen molar-refractivity contribution in [2.24, 2.45) is 0 Å². The number of benzene rings is 3. The number of allylic oxidation sites excluding steroid dienone is 1. The maximum Gasteiger partial charge on any atom is 0.259 e. The maximum absolute atomic E-state index is 14.7. The van der Waals surface area contributed by atoms with E-state index in [0.717, 1.165) is 22.5 Å². The van der Waals surface area contributed by atoms with Crippen LogP contribution in [0.25, 0.3) is 0 Å². The normalized spacial score (nSPS) is 17.8. The van der Waals surface area contributed by atoms with Gasteiger partial charge in [-0.25, -0.2) is 0 Å². The Labute approximate surface area is 250 Å². The number of Topliss-reactive ketones (excluding diaryl/α,β-unsaturated/α-hetero) is 1. The van der Waals surface area contributed by atoms with Crippen molar-refractivity contribution < 1.29 is 23.8 Å². The number of ketones is 1. The molecule has 8 heteroatoms. The van der Waals surface area contributed by atoms with Crippen molar-refractivity contribution in [2.45, 2.75) is 31.7 Å². The van der Waals surface area contributed by atoms with E-state index in [1.807, 2.05) is 36.4 Å². The Balaban J connectivity index is 1.55. The number of ether oxygens (including phenoxy) is 3. The summed E-state index contributed by atoms with van der Waals surface area (Å²) in [6.45, 7) is 2.05. The summed E-state index contributed by atoms with van der Waals surface area (Å²) in [5.74, 6) is 0.780. The minimum Gasteiger partial charge on any atom is -0.493 e. The van der Waals surface area contributed by atoms with Gasteiger partial charge in [0.05, 0.1) is 38.7 Å². The summed E-state index contributed by atoms with van der Waals surface area (Å²) in [5.41, 5.74) is 6.10. The number of fused-ring (bicyclic) bond motifs is 1. The lowest BCUT2D eigenvalue weighted by atomic mass is 9.78. The van der Waals surface area contributed by atoms with Crippen molar-refractivity contribution in [2.75, 3.05) is 31.5 Å². The number of carbonyl (C=O) groups is 2. The molecule has 0 saturated heterocycles. The number of methoxy groups -OCH3 is 3. The van der Waals surface area contributed by atoms with Gasteiger partial charge in [-0.05, 0) is 60.7 Å². The van der Waals surface area contributed by atoms with Gasteiger partial charge in [0.25, 0.3) is 5.91 Å². The predicted molar refractivity (Wildman–Crippen MR) is 165 cm³/mol. The van der Waals surface area contributed by atoms with E-state index in [1.54, 1.807) is 29.4 Å². The summed E-state index contributed by atoms with van der Waals surface area (Å²) in [5, 5.41) is 3.58. The monoisotopic (exact) mass is 575 g/mol.